The molecule has 3 aromatic rings. The maximum absolute atomic E-state index is 12.2. The summed E-state index contributed by atoms with van der Waals surface area (Å²) in [7, 11) is 1.98. The Morgan fingerprint density at radius 3 is 2.43 bits per heavy atom. The molecular formula is C21H22N4O2S. The Kier molecular flexibility index (Phi) is 6.39. The highest BCUT2D eigenvalue weighted by molar-refractivity contribution is 7.10. The average molecular weight is 395 g/mol. The first-order valence-electron chi connectivity index (χ1n) is 8.97. The number of carbonyl (C=O) groups is 2. The second-order valence-corrected chi connectivity index (χ2v) is 7.18. The van der Waals surface area contributed by atoms with Crippen molar-refractivity contribution < 1.29 is 9.59 Å². The molecule has 144 valence electrons. The minimum Gasteiger partial charge on any atom is -0.375 e. The number of carbonyl (C=O) groups excluding carboxylic acids is 2. The van der Waals surface area contributed by atoms with E-state index in [0.29, 0.717) is 10.6 Å². The fourth-order valence-electron chi connectivity index (χ4n) is 2.56. The van der Waals surface area contributed by atoms with E-state index in [1.165, 1.54) is 11.3 Å². The van der Waals surface area contributed by atoms with Gasteiger partial charge >= 0.3 is 0 Å². The number of rotatable bonds is 6. The van der Waals surface area contributed by atoms with Crippen molar-refractivity contribution >= 4 is 28.8 Å². The molecule has 0 bridgehead atoms. The molecule has 0 spiro atoms. The van der Waals surface area contributed by atoms with Gasteiger partial charge in [-0.3, -0.25) is 20.4 Å². The van der Waals surface area contributed by atoms with Crippen LogP contribution in [-0.2, 0) is 11.2 Å². The second kappa shape index (κ2) is 9.14. The molecular weight excluding hydrogens is 372 g/mol. The number of nitrogens with one attached hydrogen (secondary N) is 2. The van der Waals surface area contributed by atoms with Crippen LogP contribution >= 0.6 is 11.3 Å². The van der Waals surface area contributed by atoms with Crippen LogP contribution in [0.4, 0.5) is 5.69 Å². The molecule has 28 heavy (non-hydrogen) atoms. The molecule has 2 aromatic carbocycles. The minimum absolute atomic E-state index is 0.109. The van der Waals surface area contributed by atoms with Crippen molar-refractivity contribution in [2.24, 2.45) is 0 Å². The molecule has 1 heterocycles. The molecule has 0 aliphatic carbocycles. The predicted octanol–water partition coefficient (Wildman–Crippen LogP) is 3.27. The summed E-state index contributed by atoms with van der Waals surface area (Å²) >= 11 is 1.42. The zero-order chi connectivity index (χ0) is 19.9. The number of benzene rings is 2. The molecule has 0 fully saturated rings. The molecule has 6 nitrogen and oxygen atoms in total. The van der Waals surface area contributed by atoms with E-state index >= 15 is 0 Å². The third kappa shape index (κ3) is 4.95. The van der Waals surface area contributed by atoms with Gasteiger partial charge in [0.15, 0.2) is 0 Å². The van der Waals surface area contributed by atoms with Crippen molar-refractivity contribution in [3.05, 3.63) is 70.5 Å². The number of amides is 2. The number of hydrazine groups is 1. The number of nitrogens with zero attached hydrogens (tertiary/aromatic N) is 2. The van der Waals surface area contributed by atoms with Crippen LogP contribution in [0.5, 0.6) is 0 Å². The van der Waals surface area contributed by atoms with E-state index in [1.54, 1.807) is 12.1 Å². The van der Waals surface area contributed by atoms with E-state index in [0.717, 1.165) is 23.5 Å². The molecule has 2 N–H and O–H groups in total. The smallest absolute Gasteiger partial charge is 0.269 e. The Morgan fingerprint density at radius 2 is 1.75 bits per heavy atom. The summed E-state index contributed by atoms with van der Waals surface area (Å²) < 4.78 is 0. The summed E-state index contributed by atoms with van der Waals surface area (Å²) in [4.78, 5) is 30.9. The molecule has 3 rings (SSSR count). The summed E-state index contributed by atoms with van der Waals surface area (Å²) in [6.07, 6.45) is 0.109. The molecule has 0 aliphatic rings. The Bertz CT molecular complexity index is 939. The molecule has 0 atom stereocenters. The normalized spacial score (nSPS) is 10.4. The van der Waals surface area contributed by atoms with E-state index in [-0.39, 0.29) is 18.2 Å². The second-order valence-electron chi connectivity index (χ2n) is 6.23. The molecule has 7 heteroatoms. The SMILES string of the molecule is CCN(C)c1ccc(C(=O)NNC(=O)Cc2nc(-c3ccccc3)cs2)cc1. The third-order valence-corrected chi connectivity index (χ3v) is 5.14. The van der Waals surface area contributed by atoms with Crippen molar-refractivity contribution in [2.45, 2.75) is 13.3 Å². The predicted molar refractivity (Wildman–Crippen MR) is 112 cm³/mol. The molecule has 1 aromatic heterocycles. The molecule has 0 radical (unpaired) electrons. The fraction of sp³-hybridized carbons (Fsp3) is 0.190. The summed E-state index contributed by atoms with van der Waals surface area (Å²) in [6.45, 7) is 2.94. The molecule has 0 unspecified atom stereocenters. The van der Waals surface area contributed by atoms with Crippen LogP contribution in [0.3, 0.4) is 0 Å². The number of anilines is 1. The van der Waals surface area contributed by atoms with Gasteiger partial charge in [0.25, 0.3) is 5.91 Å². The van der Waals surface area contributed by atoms with Gasteiger partial charge in [0.2, 0.25) is 5.91 Å². The van der Waals surface area contributed by atoms with Crippen LogP contribution in [0.2, 0.25) is 0 Å². The van der Waals surface area contributed by atoms with Crippen LogP contribution in [-0.4, -0.2) is 30.4 Å². The lowest BCUT2D eigenvalue weighted by Crippen LogP contribution is -2.42. The number of thiazole rings is 1. The topological polar surface area (TPSA) is 74.3 Å². The van der Waals surface area contributed by atoms with E-state index in [4.69, 9.17) is 0 Å². The van der Waals surface area contributed by atoms with Gasteiger partial charge < -0.3 is 4.90 Å². The number of hydrogen-bond donors (Lipinski definition) is 2. The first kappa shape index (κ1) is 19.6. The van der Waals surface area contributed by atoms with Gasteiger partial charge in [-0.15, -0.1) is 11.3 Å². The summed E-state index contributed by atoms with van der Waals surface area (Å²) in [5.74, 6) is -0.673. The van der Waals surface area contributed by atoms with Crippen molar-refractivity contribution in [1.29, 1.82) is 0 Å². The van der Waals surface area contributed by atoms with Crippen molar-refractivity contribution in [3.63, 3.8) is 0 Å². The van der Waals surface area contributed by atoms with Crippen molar-refractivity contribution in [3.8, 4) is 11.3 Å². The maximum atomic E-state index is 12.2. The Labute approximate surface area is 168 Å². The third-order valence-electron chi connectivity index (χ3n) is 4.29. The quantitative estimate of drug-likeness (QED) is 0.630. The summed E-state index contributed by atoms with van der Waals surface area (Å²) in [5.41, 5.74) is 8.25. The highest BCUT2D eigenvalue weighted by Gasteiger charge is 2.11. The number of hydrogen-bond acceptors (Lipinski definition) is 5. The molecule has 0 saturated carbocycles. The van der Waals surface area contributed by atoms with Gasteiger partial charge in [-0.1, -0.05) is 30.3 Å². The summed E-state index contributed by atoms with van der Waals surface area (Å²) in [6, 6.07) is 17.0. The highest BCUT2D eigenvalue weighted by atomic mass is 32.1. The average Bonchev–Trinajstić information content (AvgIpc) is 3.20. The van der Waals surface area contributed by atoms with Crippen LogP contribution in [0.25, 0.3) is 11.3 Å². The van der Waals surface area contributed by atoms with Crippen LogP contribution < -0.4 is 15.8 Å². The van der Waals surface area contributed by atoms with Crippen LogP contribution in [0.1, 0.15) is 22.3 Å². The van der Waals surface area contributed by atoms with Crippen LogP contribution in [0, 0.1) is 0 Å². The van der Waals surface area contributed by atoms with Crippen molar-refractivity contribution in [2.75, 3.05) is 18.5 Å². The zero-order valence-electron chi connectivity index (χ0n) is 15.8. The first-order chi connectivity index (χ1) is 13.6. The first-order valence-corrected chi connectivity index (χ1v) is 9.85. The van der Waals surface area contributed by atoms with E-state index in [9.17, 15) is 9.59 Å². The largest absolute Gasteiger partial charge is 0.375 e. The standard InChI is InChI=1S/C21H22N4O2S/c1-3-25(2)17-11-9-16(10-12-17)21(27)24-23-19(26)13-20-22-18(14-28-20)15-7-5-4-6-8-15/h4-12,14H,3,13H2,1-2H3,(H,23,26)(H,24,27). The number of aromatic nitrogens is 1. The van der Waals surface area contributed by atoms with Gasteiger partial charge in [-0.2, -0.15) is 0 Å². The lowest BCUT2D eigenvalue weighted by Gasteiger charge is -2.16. The maximum Gasteiger partial charge on any atom is 0.269 e. The van der Waals surface area contributed by atoms with Crippen molar-refractivity contribution in [1.82, 2.24) is 15.8 Å². The van der Waals surface area contributed by atoms with Gasteiger partial charge in [0.1, 0.15) is 5.01 Å². The summed E-state index contributed by atoms with van der Waals surface area (Å²) in [5, 5.41) is 2.61. The van der Waals surface area contributed by atoms with Gasteiger partial charge in [0, 0.05) is 35.8 Å². The van der Waals surface area contributed by atoms with Gasteiger partial charge in [-0.05, 0) is 31.2 Å². The monoisotopic (exact) mass is 394 g/mol. The zero-order valence-corrected chi connectivity index (χ0v) is 16.6. The van der Waals surface area contributed by atoms with Gasteiger partial charge in [0.05, 0.1) is 12.1 Å². The molecule has 0 saturated heterocycles. The van der Waals surface area contributed by atoms with E-state index < -0.39 is 0 Å². The Balaban J connectivity index is 1.51. The Hall–Kier alpha value is -3.19. The lowest BCUT2D eigenvalue weighted by atomic mass is 10.2. The highest BCUT2D eigenvalue weighted by Crippen LogP contribution is 2.21. The lowest BCUT2D eigenvalue weighted by molar-refractivity contribution is -0.121. The fourth-order valence-corrected chi connectivity index (χ4v) is 3.37. The minimum atomic E-state index is -0.358. The Morgan fingerprint density at radius 1 is 1.04 bits per heavy atom. The van der Waals surface area contributed by atoms with E-state index in [1.807, 2.05) is 54.9 Å². The van der Waals surface area contributed by atoms with E-state index in [2.05, 4.69) is 27.7 Å². The molecule has 0 aliphatic heterocycles. The van der Waals surface area contributed by atoms with Crippen LogP contribution in [0.15, 0.2) is 60.0 Å². The van der Waals surface area contributed by atoms with Gasteiger partial charge in [-0.25, -0.2) is 4.98 Å². The molecule has 2 amide bonds.